The third kappa shape index (κ3) is 2.97. The zero-order valence-corrected chi connectivity index (χ0v) is 12.0. The molecule has 0 spiro atoms. The standard InChI is InChI=1S/C13H11BrFNOS/c1-8(12-3-2-6-18-12)16-13(17)10-5-4-9(14)7-11(10)15/h2-8H,1H3,(H,16,17). The molecule has 1 N–H and O–H groups in total. The second-order valence-corrected chi connectivity index (χ2v) is 5.73. The zero-order chi connectivity index (χ0) is 13.1. The average molecular weight is 328 g/mol. The molecule has 1 aromatic carbocycles. The van der Waals surface area contributed by atoms with Crippen molar-refractivity contribution in [2.24, 2.45) is 0 Å². The maximum Gasteiger partial charge on any atom is 0.254 e. The molecular weight excluding hydrogens is 317 g/mol. The lowest BCUT2D eigenvalue weighted by molar-refractivity contribution is 0.0936. The van der Waals surface area contributed by atoms with Crippen LogP contribution < -0.4 is 5.32 Å². The Morgan fingerprint density at radius 2 is 2.22 bits per heavy atom. The highest BCUT2D eigenvalue weighted by atomic mass is 79.9. The van der Waals surface area contributed by atoms with Crippen LogP contribution >= 0.6 is 27.3 Å². The van der Waals surface area contributed by atoms with Gasteiger partial charge >= 0.3 is 0 Å². The summed E-state index contributed by atoms with van der Waals surface area (Å²) in [6.45, 7) is 1.88. The molecule has 2 rings (SSSR count). The summed E-state index contributed by atoms with van der Waals surface area (Å²) in [6.07, 6.45) is 0. The fourth-order valence-electron chi connectivity index (χ4n) is 1.56. The number of nitrogens with one attached hydrogen (secondary N) is 1. The second-order valence-electron chi connectivity index (χ2n) is 3.83. The first-order valence-electron chi connectivity index (χ1n) is 5.37. The van der Waals surface area contributed by atoms with E-state index >= 15 is 0 Å². The van der Waals surface area contributed by atoms with Crippen LogP contribution in [0, 0.1) is 5.82 Å². The van der Waals surface area contributed by atoms with Crippen LogP contribution in [-0.4, -0.2) is 5.91 Å². The lowest BCUT2D eigenvalue weighted by Gasteiger charge is -2.12. The van der Waals surface area contributed by atoms with Gasteiger partial charge in [-0.15, -0.1) is 11.3 Å². The fraction of sp³-hybridized carbons (Fsp3) is 0.154. The van der Waals surface area contributed by atoms with Gasteiger partial charge in [0.25, 0.3) is 5.91 Å². The number of halogens is 2. The maximum atomic E-state index is 13.6. The monoisotopic (exact) mass is 327 g/mol. The van der Waals surface area contributed by atoms with Crippen LogP contribution in [0.3, 0.4) is 0 Å². The lowest BCUT2D eigenvalue weighted by atomic mass is 10.2. The molecule has 1 atom stereocenters. The Morgan fingerprint density at radius 3 is 2.83 bits per heavy atom. The third-order valence-corrected chi connectivity index (χ3v) is 4.04. The van der Waals surface area contributed by atoms with Crippen LogP contribution in [0.2, 0.25) is 0 Å². The minimum atomic E-state index is -0.528. The summed E-state index contributed by atoms with van der Waals surface area (Å²) >= 11 is 4.72. The topological polar surface area (TPSA) is 29.1 Å². The summed E-state index contributed by atoms with van der Waals surface area (Å²) in [7, 11) is 0. The Balaban J connectivity index is 2.12. The second kappa shape index (κ2) is 5.63. The largest absolute Gasteiger partial charge is 0.345 e. The van der Waals surface area contributed by atoms with Gasteiger partial charge in [0.2, 0.25) is 0 Å². The number of carbonyl (C=O) groups excluding carboxylic acids is 1. The summed E-state index contributed by atoms with van der Waals surface area (Å²) in [6, 6.07) is 8.13. The van der Waals surface area contributed by atoms with Crippen molar-refractivity contribution in [2.75, 3.05) is 0 Å². The van der Waals surface area contributed by atoms with Crippen molar-refractivity contribution < 1.29 is 9.18 Å². The van der Waals surface area contributed by atoms with Gasteiger partial charge in [0, 0.05) is 9.35 Å². The van der Waals surface area contributed by atoms with E-state index in [9.17, 15) is 9.18 Å². The molecule has 1 aromatic heterocycles. The molecule has 0 saturated carbocycles. The highest BCUT2D eigenvalue weighted by Gasteiger charge is 2.15. The molecule has 1 amide bonds. The van der Waals surface area contributed by atoms with Crippen LogP contribution in [-0.2, 0) is 0 Å². The third-order valence-electron chi connectivity index (χ3n) is 2.49. The van der Waals surface area contributed by atoms with Gasteiger partial charge in [0.05, 0.1) is 11.6 Å². The van der Waals surface area contributed by atoms with Gasteiger partial charge in [-0.1, -0.05) is 22.0 Å². The number of hydrogen-bond donors (Lipinski definition) is 1. The first kappa shape index (κ1) is 13.2. The molecule has 0 radical (unpaired) electrons. The molecule has 0 aliphatic heterocycles. The van der Waals surface area contributed by atoms with Crippen molar-refractivity contribution in [3.05, 3.63) is 56.4 Å². The normalized spacial score (nSPS) is 12.2. The van der Waals surface area contributed by atoms with E-state index in [-0.39, 0.29) is 11.6 Å². The van der Waals surface area contributed by atoms with Gasteiger partial charge in [0.15, 0.2) is 0 Å². The smallest absolute Gasteiger partial charge is 0.254 e. The molecule has 0 saturated heterocycles. The summed E-state index contributed by atoms with van der Waals surface area (Å²) in [4.78, 5) is 13.0. The molecule has 94 valence electrons. The van der Waals surface area contributed by atoms with Crippen molar-refractivity contribution in [2.45, 2.75) is 13.0 Å². The van der Waals surface area contributed by atoms with Crippen LogP contribution in [0.15, 0.2) is 40.2 Å². The minimum Gasteiger partial charge on any atom is -0.345 e. The molecule has 0 bridgehead atoms. The summed E-state index contributed by atoms with van der Waals surface area (Å²) in [5, 5.41) is 4.72. The van der Waals surface area contributed by atoms with Gasteiger partial charge in [0.1, 0.15) is 5.82 Å². The molecule has 2 nitrogen and oxygen atoms in total. The fourth-order valence-corrected chi connectivity index (χ4v) is 2.62. The summed E-state index contributed by atoms with van der Waals surface area (Å²) in [5.41, 5.74) is 0.0570. The number of benzene rings is 1. The quantitative estimate of drug-likeness (QED) is 0.901. The summed E-state index contributed by atoms with van der Waals surface area (Å²) < 4.78 is 14.2. The van der Waals surface area contributed by atoms with Crippen LogP contribution in [0.4, 0.5) is 4.39 Å². The van der Waals surface area contributed by atoms with Crippen molar-refractivity contribution in [1.29, 1.82) is 0 Å². The maximum absolute atomic E-state index is 13.6. The molecular formula is C13H11BrFNOS. The van der Waals surface area contributed by atoms with Gasteiger partial charge in [-0.25, -0.2) is 4.39 Å². The highest BCUT2D eigenvalue weighted by molar-refractivity contribution is 9.10. The molecule has 5 heteroatoms. The van der Waals surface area contributed by atoms with Crippen LogP contribution in [0.25, 0.3) is 0 Å². The Labute approximate surface area is 117 Å². The molecule has 18 heavy (non-hydrogen) atoms. The predicted octanol–water partition coefficient (Wildman–Crippen LogP) is 4.14. The Morgan fingerprint density at radius 1 is 1.44 bits per heavy atom. The molecule has 2 aromatic rings. The van der Waals surface area contributed by atoms with Gasteiger partial charge in [-0.05, 0) is 36.6 Å². The number of amides is 1. The number of carbonyl (C=O) groups is 1. The van der Waals surface area contributed by atoms with E-state index in [1.807, 2.05) is 24.4 Å². The van der Waals surface area contributed by atoms with Crippen LogP contribution in [0.5, 0.6) is 0 Å². The highest BCUT2D eigenvalue weighted by Crippen LogP contribution is 2.20. The number of rotatable bonds is 3. The van der Waals surface area contributed by atoms with E-state index in [0.717, 1.165) is 4.88 Å². The van der Waals surface area contributed by atoms with Gasteiger partial charge < -0.3 is 5.32 Å². The van der Waals surface area contributed by atoms with Gasteiger partial charge in [-0.3, -0.25) is 4.79 Å². The van der Waals surface area contributed by atoms with E-state index < -0.39 is 11.7 Å². The Hall–Kier alpha value is -1.20. The van der Waals surface area contributed by atoms with E-state index in [2.05, 4.69) is 21.2 Å². The van der Waals surface area contributed by atoms with Crippen molar-refractivity contribution in [3.8, 4) is 0 Å². The molecule has 1 heterocycles. The van der Waals surface area contributed by atoms with Gasteiger partial charge in [-0.2, -0.15) is 0 Å². The van der Waals surface area contributed by atoms with Crippen LogP contribution in [0.1, 0.15) is 28.2 Å². The molecule has 0 fully saturated rings. The molecule has 0 aliphatic carbocycles. The van der Waals surface area contributed by atoms with E-state index in [4.69, 9.17) is 0 Å². The lowest BCUT2D eigenvalue weighted by Crippen LogP contribution is -2.26. The molecule has 0 aliphatic rings. The summed E-state index contributed by atoms with van der Waals surface area (Å²) in [5.74, 6) is -0.929. The SMILES string of the molecule is CC(NC(=O)c1ccc(Br)cc1F)c1cccs1. The predicted molar refractivity (Wildman–Crippen MR) is 74.3 cm³/mol. The van der Waals surface area contributed by atoms with E-state index in [0.29, 0.717) is 4.47 Å². The van der Waals surface area contributed by atoms with Crippen molar-refractivity contribution in [1.82, 2.24) is 5.32 Å². The first-order valence-corrected chi connectivity index (χ1v) is 7.04. The molecule has 1 unspecified atom stereocenters. The Kier molecular flexibility index (Phi) is 4.14. The van der Waals surface area contributed by atoms with E-state index in [1.54, 1.807) is 17.4 Å². The van der Waals surface area contributed by atoms with Crippen molar-refractivity contribution in [3.63, 3.8) is 0 Å². The Bertz CT molecular complexity index is 556. The zero-order valence-electron chi connectivity index (χ0n) is 9.61. The average Bonchev–Trinajstić information content (AvgIpc) is 2.81. The minimum absolute atomic E-state index is 0.0570. The van der Waals surface area contributed by atoms with E-state index in [1.165, 1.54) is 12.1 Å². The first-order chi connectivity index (χ1) is 8.58. The van der Waals surface area contributed by atoms with Crippen molar-refractivity contribution >= 4 is 33.2 Å². The number of hydrogen-bond acceptors (Lipinski definition) is 2. The number of thiophene rings is 1.